The summed E-state index contributed by atoms with van der Waals surface area (Å²) >= 11 is 0. The van der Waals surface area contributed by atoms with E-state index in [0.29, 0.717) is 6.54 Å². The Kier molecular flexibility index (Phi) is 5.42. The summed E-state index contributed by atoms with van der Waals surface area (Å²) in [6, 6.07) is 4.95. The summed E-state index contributed by atoms with van der Waals surface area (Å²) in [5, 5.41) is 0. The molecule has 3 rings (SSSR count). The van der Waals surface area contributed by atoms with Gasteiger partial charge in [-0.15, -0.1) is 0 Å². The Morgan fingerprint density at radius 1 is 1.15 bits per heavy atom. The second kappa shape index (κ2) is 7.29. The van der Waals surface area contributed by atoms with E-state index < -0.39 is 15.4 Å². The number of likely N-dealkylation sites (tertiary alicyclic amines) is 1. The smallest absolute Gasteiger partial charge is 0.240 e. The number of nitrogens with zero attached hydrogens (tertiary/aromatic N) is 2. The van der Waals surface area contributed by atoms with Gasteiger partial charge in [0.2, 0.25) is 15.9 Å². The fourth-order valence-electron chi connectivity index (χ4n) is 3.89. The van der Waals surface area contributed by atoms with Gasteiger partial charge in [-0.3, -0.25) is 4.79 Å². The van der Waals surface area contributed by atoms with E-state index in [2.05, 4.69) is 9.62 Å². The molecule has 1 amide bonds. The fourth-order valence-corrected chi connectivity index (χ4v) is 4.99. The Balaban J connectivity index is 1.65. The van der Waals surface area contributed by atoms with E-state index in [1.807, 2.05) is 13.8 Å². The molecule has 1 N–H and O–H groups in total. The molecule has 0 unspecified atom stereocenters. The molecule has 0 saturated carbocycles. The number of hydrogen-bond donors (Lipinski definition) is 1. The summed E-state index contributed by atoms with van der Waals surface area (Å²) in [4.78, 5) is 16.6. The summed E-state index contributed by atoms with van der Waals surface area (Å²) in [6.07, 6.45) is 4.58. The Bertz CT molecular complexity index is 783. The zero-order valence-electron chi connectivity index (χ0n) is 15.9. The average molecular weight is 380 g/mol. The van der Waals surface area contributed by atoms with Gasteiger partial charge in [-0.05, 0) is 76.5 Å². The summed E-state index contributed by atoms with van der Waals surface area (Å²) in [6.45, 7) is 7.26. The van der Waals surface area contributed by atoms with E-state index in [-0.39, 0.29) is 10.8 Å². The maximum atomic E-state index is 12.6. The number of carbonyl (C=O) groups excluding carboxylic acids is 1. The molecule has 0 bridgehead atoms. The Morgan fingerprint density at radius 3 is 2.54 bits per heavy atom. The number of likely N-dealkylation sites (N-methyl/N-ethyl adjacent to an activating group) is 1. The van der Waals surface area contributed by atoms with Crippen molar-refractivity contribution in [3.05, 3.63) is 23.8 Å². The molecule has 1 saturated heterocycles. The Labute approximate surface area is 156 Å². The number of fused-ring (bicyclic) bond motifs is 1. The van der Waals surface area contributed by atoms with Crippen molar-refractivity contribution in [3.63, 3.8) is 0 Å². The number of nitrogens with one attached hydrogen (secondary N) is 1. The van der Waals surface area contributed by atoms with Gasteiger partial charge in [0.25, 0.3) is 0 Å². The molecule has 0 radical (unpaired) electrons. The number of rotatable bonds is 6. The second-order valence-corrected chi connectivity index (χ2v) is 9.59. The van der Waals surface area contributed by atoms with Crippen molar-refractivity contribution in [3.8, 4) is 0 Å². The minimum Gasteiger partial charge on any atom is -0.314 e. The van der Waals surface area contributed by atoms with Gasteiger partial charge >= 0.3 is 0 Å². The minimum absolute atomic E-state index is 0.0171. The predicted octanol–water partition coefficient (Wildman–Crippen LogP) is 2.09. The maximum absolute atomic E-state index is 12.6. The van der Waals surface area contributed by atoms with E-state index in [1.165, 1.54) is 19.3 Å². The van der Waals surface area contributed by atoms with Crippen LogP contribution in [0.3, 0.4) is 0 Å². The first-order valence-corrected chi connectivity index (χ1v) is 10.9. The minimum atomic E-state index is -3.57. The lowest BCUT2D eigenvalue weighted by Gasteiger charge is -2.26. The topological polar surface area (TPSA) is 69.7 Å². The van der Waals surface area contributed by atoms with Crippen LogP contribution in [-0.4, -0.2) is 52.5 Å². The van der Waals surface area contributed by atoms with E-state index in [0.717, 1.165) is 37.3 Å². The summed E-state index contributed by atoms with van der Waals surface area (Å²) in [5.41, 5.74) is 0.842. The molecular formula is C19H29N3O3S. The van der Waals surface area contributed by atoms with Crippen molar-refractivity contribution >= 4 is 21.6 Å². The molecule has 0 spiro atoms. The molecule has 26 heavy (non-hydrogen) atoms. The standard InChI is InChI=1S/C19H29N3O3S/c1-19(2)16-14-15(8-9-17(16)21(3)18(19)23)26(24,25)20-10-7-13-22-11-5-4-6-12-22/h8-9,14,20H,4-7,10-13H2,1-3H3. The first-order chi connectivity index (χ1) is 12.2. The maximum Gasteiger partial charge on any atom is 0.240 e. The van der Waals surface area contributed by atoms with E-state index >= 15 is 0 Å². The van der Waals surface area contributed by atoms with Crippen molar-refractivity contribution in [1.82, 2.24) is 9.62 Å². The largest absolute Gasteiger partial charge is 0.314 e. The Hall–Kier alpha value is -1.44. The number of piperidine rings is 1. The number of anilines is 1. The zero-order chi connectivity index (χ0) is 18.9. The van der Waals surface area contributed by atoms with Crippen molar-refractivity contribution in [1.29, 1.82) is 0 Å². The van der Waals surface area contributed by atoms with Gasteiger partial charge in [0, 0.05) is 19.3 Å². The van der Waals surface area contributed by atoms with Crippen LogP contribution in [0.5, 0.6) is 0 Å². The van der Waals surface area contributed by atoms with Crippen LogP contribution in [-0.2, 0) is 20.2 Å². The van der Waals surface area contributed by atoms with Gasteiger partial charge < -0.3 is 9.80 Å². The number of hydrogen-bond acceptors (Lipinski definition) is 4. The van der Waals surface area contributed by atoms with E-state index in [9.17, 15) is 13.2 Å². The molecule has 1 aromatic carbocycles. The first kappa shape index (κ1) is 19.3. The quantitative estimate of drug-likeness (QED) is 0.769. The van der Waals surface area contributed by atoms with Gasteiger partial charge in [-0.2, -0.15) is 0 Å². The zero-order valence-corrected chi connectivity index (χ0v) is 16.7. The molecule has 0 aromatic heterocycles. The number of sulfonamides is 1. The SMILES string of the molecule is CN1C(=O)C(C)(C)c2cc(S(=O)(=O)NCCCN3CCCCC3)ccc21. The van der Waals surface area contributed by atoms with Crippen molar-refractivity contribution in [2.75, 3.05) is 38.1 Å². The van der Waals surface area contributed by atoms with Crippen LogP contribution in [0.1, 0.15) is 45.1 Å². The summed E-state index contributed by atoms with van der Waals surface area (Å²) in [5.74, 6) is -0.0171. The molecule has 0 atom stereocenters. The van der Waals surface area contributed by atoms with E-state index in [1.54, 1.807) is 30.1 Å². The molecule has 1 aromatic rings. The molecule has 2 heterocycles. The number of amides is 1. The molecule has 2 aliphatic rings. The van der Waals surface area contributed by atoms with Gasteiger partial charge in [-0.25, -0.2) is 13.1 Å². The third kappa shape index (κ3) is 3.66. The van der Waals surface area contributed by atoms with Crippen LogP contribution in [0.25, 0.3) is 0 Å². The highest BCUT2D eigenvalue weighted by molar-refractivity contribution is 7.89. The average Bonchev–Trinajstić information content (AvgIpc) is 2.80. The second-order valence-electron chi connectivity index (χ2n) is 7.82. The molecule has 0 aliphatic carbocycles. The predicted molar refractivity (Wildman–Crippen MR) is 103 cm³/mol. The lowest BCUT2D eigenvalue weighted by Crippen LogP contribution is -2.33. The normalized spacial score (nSPS) is 20.4. The van der Waals surface area contributed by atoms with Gasteiger partial charge in [0.15, 0.2) is 0 Å². The van der Waals surface area contributed by atoms with Crippen LogP contribution in [0, 0.1) is 0 Å². The summed E-state index contributed by atoms with van der Waals surface area (Å²) in [7, 11) is -1.84. The van der Waals surface area contributed by atoms with Crippen molar-refractivity contribution in [2.45, 2.75) is 49.8 Å². The van der Waals surface area contributed by atoms with Gasteiger partial charge in [0.05, 0.1) is 10.3 Å². The highest BCUT2D eigenvalue weighted by Gasteiger charge is 2.42. The number of carbonyl (C=O) groups is 1. The fraction of sp³-hybridized carbons (Fsp3) is 0.632. The third-order valence-electron chi connectivity index (χ3n) is 5.54. The highest BCUT2D eigenvalue weighted by Crippen LogP contribution is 2.41. The highest BCUT2D eigenvalue weighted by atomic mass is 32.2. The van der Waals surface area contributed by atoms with Crippen LogP contribution in [0.15, 0.2) is 23.1 Å². The molecular weight excluding hydrogens is 350 g/mol. The molecule has 6 nitrogen and oxygen atoms in total. The third-order valence-corrected chi connectivity index (χ3v) is 7.00. The Morgan fingerprint density at radius 2 is 1.85 bits per heavy atom. The van der Waals surface area contributed by atoms with Crippen molar-refractivity contribution < 1.29 is 13.2 Å². The van der Waals surface area contributed by atoms with Crippen LogP contribution in [0.4, 0.5) is 5.69 Å². The molecule has 1 fully saturated rings. The number of benzene rings is 1. The van der Waals surface area contributed by atoms with E-state index in [4.69, 9.17) is 0 Å². The first-order valence-electron chi connectivity index (χ1n) is 9.38. The lowest BCUT2D eigenvalue weighted by molar-refractivity contribution is -0.121. The van der Waals surface area contributed by atoms with Crippen molar-refractivity contribution in [2.24, 2.45) is 0 Å². The monoisotopic (exact) mass is 379 g/mol. The lowest BCUT2D eigenvalue weighted by atomic mass is 9.86. The van der Waals surface area contributed by atoms with Gasteiger partial charge in [-0.1, -0.05) is 6.42 Å². The van der Waals surface area contributed by atoms with Crippen LogP contribution in [0.2, 0.25) is 0 Å². The van der Waals surface area contributed by atoms with Crippen LogP contribution >= 0.6 is 0 Å². The van der Waals surface area contributed by atoms with Gasteiger partial charge in [0.1, 0.15) is 0 Å². The summed E-state index contributed by atoms with van der Waals surface area (Å²) < 4.78 is 28.0. The van der Waals surface area contributed by atoms with Crippen LogP contribution < -0.4 is 9.62 Å². The molecule has 144 valence electrons. The molecule has 7 heteroatoms. The molecule has 2 aliphatic heterocycles.